The molecule has 9 atom stereocenters. The van der Waals surface area contributed by atoms with Gasteiger partial charge in [0.2, 0.25) is 0 Å². The van der Waals surface area contributed by atoms with Crippen LogP contribution in [0.2, 0.25) is 0 Å². The zero-order chi connectivity index (χ0) is 25.3. The number of Topliss-reactive ketones (excluding diaryl/α,β-unsaturated/α-hetero) is 1. The van der Waals surface area contributed by atoms with Gasteiger partial charge in [0.1, 0.15) is 5.78 Å². The number of aryl methyl sites for hydroxylation is 1. The molecule has 36 heavy (non-hydrogen) atoms. The zero-order valence-corrected chi connectivity index (χ0v) is 23.6. The van der Waals surface area contributed by atoms with E-state index in [9.17, 15) is 4.79 Å². The fraction of sp³-hybridized carbons (Fsp3) is 0.794. The summed E-state index contributed by atoms with van der Waals surface area (Å²) >= 11 is 0. The molecule has 0 bridgehead atoms. The van der Waals surface area contributed by atoms with Crippen LogP contribution in [0.4, 0.5) is 0 Å². The van der Waals surface area contributed by atoms with Crippen molar-refractivity contribution < 1.29 is 9.53 Å². The summed E-state index contributed by atoms with van der Waals surface area (Å²) in [7, 11) is 1.92. The fourth-order valence-corrected chi connectivity index (χ4v) is 10.3. The molecular weight excluding hydrogens is 440 g/mol. The highest BCUT2D eigenvalue weighted by Crippen LogP contribution is 2.68. The van der Waals surface area contributed by atoms with Crippen molar-refractivity contribution in [3.8, 4) is 0 Å². The second-order valence-electron chi connectivity index (χ2n) is 13.9. The highest BCUT2D eigenvalue weighted by molar-refractivity contribution is 5.78. The number of carbonyl (C=O) groups excluding carboxylic acids is 1. The maximum Gasteiger partial charge on any atom is 0.132 e. The average Bonchev–Trinajstić information content (AvgIpc) is 3.25. The SMILES string of the molecule is CO[C@@H]1CC[C@@]2(C)[C@H](CC[C@@H]3[C@@H]2CC[C@]2(C)[C@@H]([C@H](C)CCC(=O)CCCc4ccccc4)CC[C@@H]32)C1. The summed E-state index contributed by atoms with van der Waals surface area (Å²) in [5.74, 6) is 5.66. The van der Waals surface area contributed by atoms with Crippen molar-refractivity contribution in [3.05, 3.63) is 35.9 Å². The van der Waals surface area contributed by atoms with Gasteiger partial charge in [-0.1, -0.05) is 51.1 Å². The van der Waals surface area contributed by atoms with E-state index in [0.717, 1.165) is 61.7 Å². The number of ketones is 1. The van der Waals surface area contributed by atoms with E-state index in [1.165, 1.54) is 63.4 Å². The third-order valence-electron chi connectivity index (χ3n) is 12.4. The first kappa shape index (κ1) is 26.5. The van der Waals surface area contributed by atoms with Gasteiger partial charge in [-0.2, -0.15) is 0 Å². The first-order valence-corrected chi connectivity index (χ1v) is 15.4. The van der Waals surface area contributed by atoms with E-state index in [4.69, 9.17) is 4.74 Å². The van der Waals surface area contributed by atoms with Crippen LogP contribution in [0.1, 0.15) is 110 Å². The number of fused-ring (bicyclic) bond motifs is 5. The lowest BCUT2D eigenvalue weighted by Gasteiger charge is -2.61. The summed E-state index contributed by atoms with van der Waals surface area (Å²) in [5.41, 5.74) is 2.41. The Bertz CT molecular complexity index is 878. The first-order valence-electron chi connectivity index (χ1n) is 15.4. The second kappa shape index (κ2) is 10.9. The maximum absolute atomic E-state index is 12.7. The molecule has 0 amide bonds. The Kier molecular flexibility index (Phi) is 8.02. The molecule has 0 N–H and O–H groups in total. The highest BCUT2D eigenvalue weighted by atomic mass is 16.5. The van der Waals surface area contributed by atoms with Crippen molar-refractivity contribution in [2.24, 2.45) is 46.3 Å². The maximum atomic E-state index is 12.7. The third kappa shape index (κ3) is 4.97. The number of methoxy groups -OCH3 is 1. The van der Waals surface area contributed by atoms with Gasteiger partial charge in [0.05, 0.1) is 6.10 Å². The third-order valence-corrected chi connectivity index (χ3v) is 12.4. The van der Waals surface area contributed by atoms with Crippen molar-refractivity contribution in [3.63, 3.8) is 0 Å². The monoisotopic (exact) mass is 492 g/mol. The van der Waals surface area contributed by atoms with Gasteiger partial charge >= 0.3 is 0 Å². The molecule has 1 aromatic carbocycles. The molecular formula is C34H52O2. The topological polar surface area (TPSA) is 26.3 Å². The Morgan fingerprint density at radius 3 is 2.47 bits per heavy atom. The van der Waals surface area contributed by atoms with Crippen molar-refractivity contribution in [2.75, 3.05) is 7.11 Å². The van der Waals surface area contributed by atoms with Crippen LogP contribution in [0.5, 0.6) is 0 Å². The summed E-state index contributed by atoms with van der Waals surface area (Å²) in [6, 6.07) is 10.6. The molecule has 5 rings (SSSR count). The van der Waals surface area contributed by atoms with Crippen molar-refractivity contribution in [1.82, 2.24) is 0 Å². The number of hydrogen-bond acceptors (Lipinski definition) is 2. The van der Waals surface area contributed by atoms with E-state index < -0.39 is 0 Å². The number of benzene rings is 1. The molecule has 0 heterocycles. The standard InChI is InChI=1S/C34H52O2/c1-24(13-15-27(35)12-8-11-25-9-6-5-7-10-25)30-17-18-31-29-16-14-26-23-28(36-4)19-21-33(26,2)32(29)20-22-34(30,31)3/h5-7,9-10,24,26,28-32H,8,11-23H2,1-4H3/t24-,26-,28-,29+,30-,31+,32+,33+,34-/m1/s1. The molecule has 4 aliphatic rings. The van der Waals surface area contributed by atoms with Crippen molar-refractivity contribution in [2.45, 2.75) is 117 Å². The minimum Gasteiger partial charge on any atom is -0.381 e. The lowest BCUT2D eigenvalue weighted by molar-refractivity contribution is -0.133. The van der Waals surface area contributed by atoms with Crippen molar-refractivity contribution in [1.29, 1.82) is 0 Å². The van der Waals surface area contributed by atoms with E-state index in [-0.39, 0.29) is 0 Å². The van der Waals surface area contributed by atoms with Crippen LogP contribution < -0.4 is 0 Å². The molecule has 4 saturated carbocycles. The molecule has 4 fully saturated rings. The Labute approximate surface area is 221 Å². The number of carbonyl (C=O) groups is 1. The van der Waals surface area contributed by atoms with Gasteiger partial charge in [-0.25, -0.2) is 0 Å². The van der Waals surface area contributed by atoms with Gasteiger partial charge in [0, 0.05) is 20.0 Å². The lowest BCUT2D eigenvalue weighted by atomic mass is 9.44. The largest absolute Gasteiger partial charge is 0.381 e. The van der Waals surface area contributed by atoms with Crippen LogP contribution >= 0.6 is 0 Å². The van der Waals surface area contributed by atoms with Gasteiger partial charge in [0.15, 0.2) is 0 Å². The highest BCUT2D eigenvalue weighted by Gasteiger charge is 2.60. The van der Waals surface area contributed by atoms with Crippen LogP contribution in [-0.4, -0.2) is 19.0 Å². The Morgan fingerprint density at radius 1 is 0.944 bits per heavy atom. The predicted octanol–water partition coefficient (Wildman–Crippen LogP) is 8.67. The predicted molar refractivity (Wildman–Crippen MR) is 149 cm³/mol. The quantitative estimate of drug-likeness (QED) is 0.345. The Balaban J connectivity index is 1.14. The zero-order valence-electron chi connectivity index (χ0n) is 23.6. The van der Waals surface area contributed by atoms with E-state index >= 15 is 0 Å². The Hall–Kier alpha value is -1.15. The summed E-state index contributed by atoms with van der Waals surface area (Å²) in [5, 5.41) is 0. The second-order valence-corrected chi connectivity index (χ2v) is 13.9. The van der Waals surface area contributed by atoms with Gasteiger partial charge in [-0.3, -0.25) is 4.79 Å². The minimum atomic E-state index is 0.485. The average molecular weight is 493 g/mol. The molecule has 0 unspecified atom stereocenters. The van der Waals surface area contributed by atoms with Gasteiger partial charge < -0.3 is 4.74 Å². The summed E-state index contributed by atoms with van der Waals surface area (Å²) in [6.45, 7) is 7.81. The fourth-order valence-electron chi connectivity index (χ4n) is 10.3. The number of hydrogen-bond donors (Lipinski definition) is 0. The van der Waals surface area contributed by atoms with Crippen LogP contribution in [0.25, 0.3) is 0 Å². The summed E-state index contributed by atoms with van der Waals surface area (Å²) in [6.07, 6.45) is 17.7. The molecule has 2 heteroatoms. The smallest absolute Gasteiger partial charge is 0.132 e. The first-order chi connectivity index (χ1) is 17.3. The van der Waals surface area contributed by atoms with Crippen LogP contribution in [0.15, 0.2) is 30.3 Å². The van der Waals surface area contributed by atoms with Gasteiger partial charge in [-0.05, 0) is 129 Å². The Morgan fingerprint density at radius 2 is 1.69 bits per heavy atom. The molecule has 0 aliphatic heterocycles. The number of ether oxygens (including phenoxy) is 1. The van der Waals surface area contributed by atoms with E-state index in [0.29, 0.717) is 28.6 Å². The molecule has 200 valence electrons. The molecule has 0 saturated heterocycles. The summed E-state index contributed by atoms with van der Waals surface area (Å²) in [4.78, 5) is 12.7. The van der Waals surface area contributed by atoms with E-state index in [1.807, 2.05) is 7.11 Å². The van der Waals surface area contributed by atoms with Crippen LogP contribution in [0.3, 0.4) is 0 Å². The summed E-state index contributed by atoms with van der Waals surface area (Å²) < 4.78 is 5.80. The molecule has 1 aromatic rings. The molecule has 0 radical (unpaired) electrons. The van der Waals surface area contributed by atoms with Gasteiger partial charge in [-0.15, -0.1) is 0 Å². The molecule has 4 aliphatic carbocycles. The number of rotatable bonds is 9. The van der Waals surface area contributed by atoms with E-state index in [2.05, 4.69) is 51.1 Å². The molecule has 0 spiro atoms. The molecule has 2 nitrogen and oxygen atoms in total. The van der Waals surface area contributed by atoms with Gasteiger partial charge in [0.25, 0.3) is 0 Å². The van der Waals surface area contributed by atoms with Crippen LogP contribution in [-0.2, 0) is 16.0 Å². The normalized spacial score (nSPS) is 40.7. The minimum absolute atomic E-state index is 0.485. The van der Waals surface area contributed by atoms with Crippen molar-refractivity contribution >= 4 is 5.78 Å². The van der Waals surface area contributed by atoms with Crippen LogP contribution in [0, 0.1) is 46.3 Å². The van der Waals surface area contributed by atoms with E-state index in [1.54, 1.807) is 0 Å². The lowest BCUT2D eigenvalue weighted by Crippen LogP contribution is -2.54. The molecule has 0 aromatic heterocycles.